The Bertz CT molecular complexity index is 2100. The van der Waals surface area contributed by atoms with Crippen LogP contribution in [0.2, 0.25) is 0 Å². The Kier molecular flexibility index (Phi) is 14.1. The van der Waals surface area contributed by atoms with Crippen LogP contribution < -0.4 is 20.7 Å². The van der Waals surface area contributed by atoms with Crippen molar-refractivity contribution in [3.05, 3.63) is 128 Å². The van der Waals surface area contributed by atoms with Crippen molar-refractivity contribution in [2.75, 3.05) is 47.8 Å². The van der Waals surface area contributed by atoms with Crippen LogP contribution in [-0.4, -0.2) is 91.4 Å². The molecule has 0 radical (unpaired) electrons. The van der Waals surface area contributed by atoms with E-state index in [4.69, 9.17) is 37.5 Å². The number of H-pyrrole nitrogens is 1. The number of aromatic amines is 1. The van der Waals surface area contributed by atoms with Crippen molar-refractivity contribution in [2.24, 2.45) is 0 Å². The van der Waals surface area contributed by atoms with Gasteiger partial charge in [-0.3, -0.25) is 14.3 Å². The highest BCUT2D eigenvalue weighted by Gasteiger charge is 2.71. The van der Waals surface area contributed by atoms with Crippen LogP contribution >= 0.6 is 8.53 Å². The van der Waals surface area contributed by atoms with Gasteiger partial charge in [-0.15, -0.1) is 0 Å². The van der Waals surface area contributed by atoms with Crippen LogP contribution in [-0.2, 0) is 33.6 Å². The molecular formula is C44H55N4O10P. The lowest BCUT2D eigenvalue weighted by molar-refractivity contribution is -0.236. The average molecular weight is 831 g/mol. The minimum Gasteiger partial charge on any atom is -0.497 e. The number of nitrogens with one attached hydrogen (secondary N) is 1. The Morgan fingerprint density at radius 1 is 0.932 bits per heavy atom. The smallest absolute Gasteiger partial charge is 0.330 e. The van der Waals surface area contributed by atoms with Gasteiger partial charge in [0, 0.05) is 44.0 Å². The van der Waals surface area contributed by atoms with E-state index in [1.165, 1.54) is 10.8 Å². The molecule has 316 valence electrons. The summed E-state index contributed by atoms with van der Waals surface area (Å²) in [5.74, 6) is 1.35. The molecule has 0 spiro atoms. The summed E-state index contributed by atoms with van der Waals surface area (Å²) < 4.78 is 56.1. The molecule has 5 atom stereocenters. The second-order valence-corrected chi connectivity index (χ2v) is 16.6. The first-order chi connectivity index (χ1) is 28.4. The number of fused-ring (bicyclic) bond motifs is 1. The van der Waals surface area contributed by atoms with E-state index in [-0.39, 0.29) is 51.4 Å². The third kappa shape index (κ3) is 8.49. The molecule has 2 aliphatic heterocycles. The molecule has 4 aromatic rings. The van der Waals surface area contributed by atoms with Gasteiger partial charge in [-0.2, -0.15) is 5.26 Å². The fourth-order valence-electron chi connectivity index (χ4n) is 8.25. The molecule has 1 unspecified atom stereocenters. The van der Waals surface area contributed by atoms with E-state index in [0.29, 0.717) is 17.1 Å². The van der Waals surface area contributed by atoms with E-state index >= 15 is 0 Å². The zero-order valence-electron chi connectivity index (χ0n) is 35.0. The fraction of sp³-hybridized carbons (Fsp3) is 0.477. The first-order valence-electron chi connectivity index (χ1n) is 19.8. The van der Waals surface area contributed by atoms with Gasteiger partial charge in [0.2, 0.25) is 0 Å². The number of ether oxygens (including phenoxy) is 6. The molecule has 1 N–H and O–H groups in total. The monoisotopic (exact) mass is 830 g/mol. The molecule has 0 amide bonds. The fourth-order valence-corrected chi connectivity index (χ4v) is 10.2. The minimum absolute atomic E-state index is 0.0126. The Morgan fingerprint density at radius 2 is 1.53 bits per heavy atom. The van der Waals surface area contributed by atoms with Crippen LogP contribution in [0.4, 0.5) is 0 Å². The van der Waals surface area contributed by atoms with Crippen molar-refractivity contribution in [1.29, 1.82) is 5.26 Å². The predicted octanol–water partition coefficient (Wildman–Crippen LogP) is 6.61. The topological polar surface area (TPSA) is 156 Å². The first kappa shape index (κ1) is 44.1. The van der Waals surface area contributed by atoms with Crippen LogP contribution in [0, 0.1) is 18.3 Å². The van der Waals surface area contributed by atoms with Crippen molar-refractivity contribution < 1.29 is 37.5 Å². The van der Waals surface area contributed by atoms with E-state index < -0.39 is 48.9 Å². The third-order valence-electron chi connectivity index (χ3n) is 11.1. The molecule has 0 saturated carbocycles. The van der Waals surface area contributed by atoms with Crippen molar-refractivity contribution in [1.82, 2.24) is 14.2 Å². The van der Waals surface area contributed by atoms with Crippen LogP contribution in [0.15, 0.2) is 94.6 Å². The lowest BCUT2D eigenvalue weighted by Gasteiger charge is -2.51. The highest BCUT2D eigenvalue weighted by Crippen LogP contribution is 2.61. The maximum atomic E-state index is 13.7. The second-order valence-electron chi connectivity index (χ2n) is 15.3. The molecule has 2 saturated heterocycles. The minimum atomic E-state index is -1.89. The summed E-state index contributed by atoms with van der Waals surface area (Å²) in [4.78, 5) is 28.8. The number of aryl methyl sites for hydroxylation is 1. The Labute approximate surface area is 346 Å². The molecular weight excluding hydrogens is 775 g/mol. The Balaban J connectivity index is 1.59. The molecule has 6 rings (SSSR count). The second kappa shape index (κ2) is 18.9. The summed E-state index contributed by atoms with van der Waals surface area (Å²) >= 11 is 0. The Hall–Kier alpha value is -4.42. The van der Waals surface area contributed by atoms with Crippen molar-refractivity contribution >= 4 is 8.53 Å². The number of nitrogens with zero attached hydrogens (tertiary/aromatic N) is 3. The van der Waals surface area contributed by atoms with Gasteiger partial charge < -0.3 is 37.5 Å². The van der Waals surface area contributed by atoms with Gasteiger partial charge in [0.05, 0.1) is 46.5 Å². The van der Waals surface area contributed by atoms with Crippen LogP contribution in [0.1, 0.15) is 69.0 Å². The normalized spacial score (nSPS) is 22.3. The van der Waals surface area contributed by atoms with Crippen LogP contribution in [0.5, 0.6) is 11.5 Å². The largest absolute Gasteiger partial charge is 0.497 e. The molecule has 3 heterocycles. The number of benzene rings is 3. The standard InChI is InChI=1S/C44H55N4O10P/c1-30(2)48(31(3)4)59(56-25-12-24-45)58-43-23-26-54-28-42(43,57-40(38(43)53-8)47-27-32(5)39(49)46-41(47)50)29-55-44(33-13-10-9-11-14-33,34-15-19-36(51-6)20-16-34)35-17-21-37(52-7)22-18-35/h9-11,13-22,27,30-31,38,40H,12,23,25-26,28-29H2,1-8H3,(H,46,49,50)/t38-,40-,42-,43+,59?/m1/s1. The van der Waals surface area contributed by atoms with Gasteiger partial charge in [-0.25, -0.2) is 9.46 Å². The molecule has 3 aromatic carbocycles. The average Bonchev–Trinajstić information content (AvgIpc) is 3.52. The summed E-state index contributed by atoms with van der Waals surface area (Å²) in [5.41, 5.74) is -2.55. The zero-order valence-corrected chi connectivity index (χ0v) is 35.9. The number of hydrogen-bond donors (Lipinski definition) is 1. The van der Waals surface area contributed by atoms with Crippen LogP contribution in [0.3, 0.4) is 0 Å². The van der Waals surface area contributed by atoms with E-state index in [9.17, 15) is 14.9 Å². The van der Waals surface area contributed by atoms with E-state index in [0.717, 1.165) is 16.7 Å². The lowest BCUT2D eigenvalue weighted by atomic mass is 9.76. The maximum absolute atomic E-state index is 13.7. The van der Waals surface area contributed by atoms with E-state index in [2.05, 4.69) is 43.4 Å². The number of aromatic nitrogens is 2. The molecule has 0 bridgehead atoms. The summed E-state index contributed by atoms with van der Waals surface area (Å²) in [7, 11) is 2.90. The van der Waals surface area contributed by atoms with Gasteiger partial charge >= 0.3 is 5.69 Å². The molecule has 0 aliphatic carbocycles. The summed E-state index contributed by atoms with van der Waals surface area (Å²) in [5, 5.41) is 9.52. The predicted molar refractivity (Wildman–Crippen MR) is 222 cm³/mol. The maximum Gasteiger partial charge on any atom is 0.330 e. The third-order valence-corrected chi connectivity index (χ3v) is 13.2. The number of hydrogen-bond acceptors (Lipinski definition) is 12. The van der Waals surface area contributed by atoms with Crippen molar-refractivity contribution in [2.45, 2.75) is 88.7 Å². The lowest BCUT2D eigenvalue weighted by Crippen LogP contribution is -2.66. The van der Waals surface area contributed by atoms with Gasteiger partial charge in [-0.05, 0) is 75.6 Å². The highest BCUT2D eigenvalue weighted by atomic mass is 31.2. The Morgan fingerprint density at radius 3 is 2.07 bits per heavy atom. The van der Waals surface area contributed by atoms with Gasteiger partial charge in [0.25, 0.3) is 14.1 Å². The SMILES string of the molecule is COc1ccc(C(OC[C@]23COCC[C@]2(OP(OCCC#N)N(C(C)C)C(C)C)[C@H](OC)[C@H](n2cc(C)c(=O)[nH]c2=O)O3)(c2ccccc2)c2ccc(OC)cc2)cc1. The number of rotatable bonds is 18. The van der Waals surface area contributed by atoms with Crippen molar-refractivity contribution in [3.63, 3.8) is 0 Å². The number of methoxy groups -OCH3 is 3. The van der Waals surface area contributed by atoms with Gasteiger partial charge in [0.15, 0.2) is 6.23 Å². The molecule has 15 heteroatoms. The summed E-state index contributed by atoms with van der Waals surface area (Å²) in [6.45, 7) is 10.1. The van der Waals surface area contributed by atoms with Crippen molar-refractivity contribution in [3.8, 4) is 17.6 Å². The first-order valence-corrected chi connectivity index (χ1v) is 20.9. The summed E-state index contributed by atoms with van der Waals surface area (Å²) in [6.07, 6.45) is -0.169. The molecule has 59 heavy (non-hydrogen) atoms. The molecule has 2 aliphatic rings. The quantitative estimate of drug-likeness (QED) is 0.0652. The van der Waals surface area contributed by atoms with E-state index in [1.807, 2.05) is 78.9 Å². The zero-order chi connectivity index (χ0) is 42.4. The molecule has 2 fully saturated rings. The van der Waals surface area contributed by atoms with Gasteiger partial charge in [0.1, 0.15) is 34.4 Å². The number of nitriles is 1. The van der Waals surface area contributed by atoms with E-state index in [1.54, 1.807) is 28.3 Å². The molecule has 14 nitrogen and oxygen atoms in total. The van der Waals surface area contributed by atoms with Crippen LogP contribution in [0.25, 0.3) is 0 Å². The molecule has 1 aromatic heterocycles. The highest BCUT2D eigenvalue weighted by molar-refractivity contribution is 7.44. The van der Waals surface area contributed by atoms with Gasteiger partial charge in [-0.1, -0.05) is 54.6 Å². The summed E-state index contributed by atoms with van der Waals surface area (Å²) in [6, 6.07) is 27.5.